The van der Waals surface area contributed by atoms with Gasteiger partial charge in [-0.1, -0.05) is 26.2 Å². The van der Waals surface area contributed by atoms with E-state index in [9.17, 15) is 9.90 Å². The molecule has 112 valence electrons. The lowest BCUT2D eigenvalue weighted by Crippen LogP contribution is -2.47. The lowest BCUT2D eigenvalue weighted by atomic mass is 9.83. The minimum atomic E-state index is -0.802. The highest BCUT2D eigenvalue weighted by atomic mass is 16.4. The topological polar surface area (TPSA) is 74.5 Å². The first-order chi connectivity index (χ1) is 9.70. The summed E-state index contributed by atoms with van der Waals surface area (Å²) in [5.74, 6) is 1.04. The molecule has 0 aliphatic heterocycles. The zero-order chi connectivity index (χ0) is 14.4. The van der Waals surface area contributed by atoms with E-state index in [1.807, 2.05) is 0 Å². The third kappa shape index (κ3) is 4.00. The number of furan rings is 1. The fourth-order valence-electron chi connectivity index (χ4n) is 2.88. The van der Waals surface area contributed by atoms with Crippen LogP contribution in [0.2, 0.25) is 0 Å². The average Bonchev–Trinajstić information content (AvgIpc) is 2.99. The zero-order valence-corrected chi connectivity index (χ0v) is 12.0. The highest BCUT2D eigenvalue weighted by Crippen LogP contribution is 2.26. The second-order valence-electron chi connectivity index (χ2n) is 5.44. The van der Waals surface area contributed by atoms with Crippen LogP contribution in [-0.4, -0.2) is 23.7 Å². The molecule has 1 aromatic heterocycles. The van der Waals surface area contributed by atoms with Gasteiger partial charge in [0.15, 0.2) is 0 Å². The van der Waals surface area contributed by atoms with E-state index < -0.39 is 6.10 Å². The van der Waals surface area contributed by atoms with Gasteiger partial charge in [-0.2, -0.15) is 0 Å². The van der Waals surface area contributed by atoms with E-state index in [2.05, 4.69) is 17.6 Å². The quantitative estimate of drug-likeness (QED) is 0.776. The lowest BCUT2D eigenvalue weighted by Gasteiger charge is -2.31. The number of urea groups is 1. The van der Waals surface area contributed by atoms with Crippen LogP contribution in [0.15, 0.2) is 22.8 Å². The summed E-state index contributed by atoms with van der Waals surface area (Å²) in [6, 6.07) is 3.46. The van der Waals surface area contributed by atoms with E-state index in [4.69, 9.17) is 4.42 Å². The molecule has 1 aliphatic rings. The highest BCUT2D eigenvalue weighted by molar-refractivity contribution is 5.74. The van der Waals surface area contributed by atoms with Gasteiger partial charge in [-0.25, -0.2) is 4.79 Å². The Balaban J connectivity index is 1.74. The lowest BCUT2D eigenvalue weighted by molar-refractivity contribution is 0.146. The molecular formula is C15H24N2O3. The second kappa shape index (κ2) is 7.33. The van der Waals surface area contributed by atoms with E-state index in [0.29, 0.717) is 11.7 Å². The molecule has 1 fully saturated rings. The van der Waals surface area contributed by atoms with Gasteiger partial charge in [0, 0.05) is 6.04 Å². The van der Waals surface area contributed by atoms with Crippen LogP contribution < -0.4 is 10.6 Å². The van der Waals surface area contributed by atoms with Crippen molar-refractivity contribution in [2.24, 2.45) is 5.92 Å². The molecular weight excluding hydrogens is 256 g/mol. The molecule has 0 bridgehead atoms. The number of aliphatic hydroxyl groups is 1. The summed E-state index contributed by atoms with van der Waals surface area (Å²) in [6.45, 7) is 2.33. The van der Waals surface area contributed by atoms with Crippen molar-refractivity contribution in [1.82, 2.24) is 10.6 Å². The van der Waals surface area contributed by atoms with Crippen molar-refractivity contribution >= 4 is 6.03 Å². The maximum Gasteiger partial charge on any atom is 0.315 e. The minimum absolute atomic E-state index is 0.156. The Morgan fingerprint density at radius 1 is 1.50 bits per heavy atom. The molecule has 1 saturated carbocycles. The fourth-order valence-corrected chi connectivity index (χ4v) is 2.88. The summed E-state index contributed by atoms with van der Waals surface area (Å²) >= 11 is 0. The predicted octanol–water partition coefficient (Wildman–Crippen LogP) is 2.58. The molecule has 1 aromatic rings. The molecule has 0 radical (unpaired) electrons. The van der Waals surface area contributed by atoms with Crippen molar-refractivity contribution in [3.63, 3.8) is 0 Å². The van der Waals surface area contributed by atoms with Gasteiger partial charge in [0.05, 0.1) is 12.8 Å². The van der Waals surface area contributed by atoms with Gasteiger partial charge in [0.25, 0.3) is 0 Å². The summed E-state index contributed by atoms with van der Waals surface area (Å²) < 4.78 is 5.09. The number of carbonyl (C=O) groups excluding carboxylic acids is 1. The Morgan fingerprint density at radius 2 is 2.30 bits per heavy atom. The summed E-state index contributed by atoms with van der Waals surface area (Å²) in [5.41, 5.74) is 0. The summed E-state index contributed by atoms with van der Waals surface area (Å²) in [6.07, 6.45) is 6.48. The third-order valence-electron chi connectivity index (χ3n) is 4.08. The van der Waals surface area contributed by atoms with Crippen molar-refractivity contribution in [2.75, 3.05) is 6.54 Å². The monoisotopic (exact) mass is 280 g/mol. The molecule has 2 amide bonds. The number of rotatable bonds is 5. The van der Waals surface area contributed by atoms with E-state index in [-0.39, 0.29) is 18.6 Å². The van der Waals surface area contributed by atoms with Crippen LogP contribution in [-0.2, 0) is 0 Å². The van der Waals surface area contributed by atoms with Gasteiger partial charge >= 0.3 is 6.03 Å². The molecule has 0 aromatic carbocycles. The van der Waals surface area contributed by atoms with Gasteiger partial charge in [-0.3, -0.25) is 0 Å². The predicted molar refractivity (Wildman–Crippen MR) is 76.2 cm³/mol. The number of carbonyl (C=O) groups is 1. The smallest absolute Gasteiger partial charge is 0.315 e. The molecule has 5 heteroatoms. The third-order valence-corrected chi connectivity index (χ3v) is 4.08. The molecule has 1 heterocycles. The van der Waals surface area contributed by atoms with Crippen LogP contribution in [0.4, 0.5) is 4.79 Å². The maximum atomic E-state index is 11.9. The van der Waals surface area contributed by atoms with Crippen LogP contribution in [0, 0.1) is 5.92 Å². The number of hydrogen-bond donors (Lipinski definition) is 3. The molecule has 3 unspecified atom stereocenters. The zero-order valence-electron chi connectivity index (χ0n) is 12.0. The summed E-state index contributed by atoms with van der Waals surface area (Å²) in [5, 5.41) is 15.6. The average molecular weight is 280 g/mol. The molecule has 20 heavy (non-hydrogen) atoms. The van der Waals surface area contributed by atoms with E-state index in [1.165, 1.54) is 25.5 Å². The normalized spacial score (nSPS) is 24.1. The van der Waals surface area contributed by atoms with E-state index in [0.717, 1.165) is 12.8 Å². The molecule has 1 aliphatic carbocycles. The highest BCUT2D eigenvalue weighted by Gasteiger charge is 2.25. The van der Waals surface area contributed by atoms with Crippen LogP contribution in [0.3, 0.4) is 0 Å². The van der Waals surface area contributed by atoms with Crippen LogP contribution in [0.25, 0.3) is 0 Å². The first kappa shape index (κ1) is 14.9. The van der Waals surface area contributed by atoms with Crippen molar-refractivity contribution in [2.45, 2.75) is 51.2 Å². The van der Waals surface area contributed by atoms with Gasteiger partial charge in [0.2, 0.25) is 0 Å². The SMILES string of the molecule is CCC1CCCCC1NC(=O)NCC(O)c1ccco1. The standard InChI is InChI=1S/C15H24N2O3/c1-2-11-6-3-4-7-12(11)17-15(19)16-10-13(18)14-8-5-9-20-14/h5,8-9,11-13,18H,2-4,6-7,10H2,1H3,(H2,16,17,19). The Morgan fingerprint density at radius 3 is 3.00 bits per heavy atom. The van der Waals surface area contributed by atoms with Gasteiger partial charge in [-0.05, 0) is 30.9 Å². The Bertz CT molecular complexity index is 405. The number of aliphatic hydroxyl groups excluding tert-OH is 1. The molecule has 0 saturated heterocycles. The second-order valence-corrected chi connectivity index (χ2v) is 5.44. The Labute approximate surface area is 119 Å². The molecule has 3 atom stereocenters. The summed E-state index contributed by atoms with van der Waals surface area (Å²) in [4.78, 5) is 11.9. The van der Waals surface area contributed by atoms with Gasteiger partial charge < -0.3 is 20.2 Å². The van der Waals surface area contributed by atoms with E-state index >= 15 is 0 Å². The van der Waals surface area contributed by atoms with Crippen LogP contribution >= 0.6 is 0 Å². The minimum Gasteiger partial charge on any atom is -0.467 e. The van der Waals surface area contributed by atoms with Gasteiger partial charge in [-0.15, -0.1) is 0 Å². The Hall–Kier alpha value is -1.49. The van der Waals surface area contributed by atoms with Crippen molar-refractivity contribution < 1.29 is 14.3 Å². The van der Waals surface area contributed by atoms with Crippen LogP contribution in [0.1, 0.15) is 50.9 Å². The van der Waals surface area contributed by atoms with Crippen molar-refractivity contribution in [3.05, 3.63) is 24.2 Å². The summed E-state index contributed by atoms with van der Waals surface area (Å²) in [7, 11) is 0. The van der Waals surface area contributed by atoms with Crippen molar-refractivity contribution in [3.8, 4) is 0 Å². The van der Waals surface area contributed by atoms with Crippen molar-refractivity contribution in [1.29, 1.82) is 0 Å². The number of amides is 2. The Kier molecular flexibility index (Phi) is 5.47. The van der Waals surface area contributed by atoms with Gasteiger partial charge in [0.1, 0.15) is 11.9 Å². The first-order valence-electron chi connectivity index (χ1n) is 7.46. The fraction of sp³-hybridized carbons (Fsp3) is 0.667. The number of nitrogens with one attached hydrogen (secondary N) is 2. The molecule has 3 N–H and O–H groups in total. The molecule has 0 spiro atoms. The molecule has 5 nitrogen and oxygen atoms in total. The van der Waals surface area contributed by atoms with Crippen LogP contribution in [0.5, 0.6) is 0 Å². The largest absolute Gasteiger partial charge is 0.467 e. The molecule has 2 rings (SSSR count). The maximum absolute atomic E-state index is 11.9. The van der Waals surface area contributed by atoms with E-state index in [1.54, 1.807) is 12.1 Å². The number of hydrogen-bond acceptors (Lipinski definition) is 3. The first-order valence-corrected chi connectivity index (χ1v) is 7.46.